The molecule has 1 unspecified atom stereocenters. The Morgan fingerprint density at radius 1 is 1.20 bits per heavy atom. The van der Waals surface area contributed by atoms with E-state index < -0.39 is 0 Å². The number of hydrogen-bond donors (Lipinski definition) is 2. The number of nitrogens with two attached hydrogens (primary N) is 1. The number of amides is 1. The second-order valence-corrected chi connectivity index (χ2v) is 7.30. The van der Waals surface area contributed by atoms with E-state index in [1.54, 1.807) is 0 Å². The molecule has 0 aromatic rings. The molecule has 3 N–H and O–H groups in total. The lowest BCUT2D eigenvalue weighted by atomic mass is 9.78. The Bertz CT molecular complexity index is 283. The van der Waals surface area contributed by atoms with Gasteiger partial charge in [0.2, 0.25) is 5.91 Å². The van der Waals surface area contributed by atoms with Gasteiger partial charge in [-0.05, 0) is 55.9 Å². The van der Waals surface area contributed by atoms with Crippen LogP contribution in [0.25, 0.3) is 0 Å². The summed E-state index contributed by atoms with van der Waals surface area (Å²) in [6.07, 6.45) is 9.11. The van der Waals surface area contributed by atoms with Gasteiger partial charge in [0, 0.05) is 13.0 Å². The average molecular weight is 282 g/mol. The molecular formula is C17H34N2O. The van der Waals surface area contributed by atoms with Crippen LogP contribution in [-0.4, -0.2) is 19.0 Å². The molecule has 20 heavy (non-hydrogen) atoms. The van der Waals surface area contributed by atoms with Gasteiger partial charge in [-0.3, -0.25) is 4.79 Å². The summed E-state index contributed by atoms with van der Waals surface area (Å²) < 4.78 is 0. The molecular weight excluding hydrogens is 248 g/mol. The van der Waals surface area contributed by atoms with Crippen molar-refractivity contribution in [1.82, 2.24) is 5.32 Å². The summed E-state index contributed by atoms with van der Waals surface area (Å²) in [7, 11) is 0. The van der Waals surface area contributed by atoms with Crippen molar-refractivity contribution in [3.8, 4) is 0 Å². The van der Waals surface area contributed by atoms with Crippen LogP contribution in [-0.2, 0) is 4.79 Å². The molecule has 1 fully saturated rings. The summed E-state index contributed by atoms with van der Waals surface area (Å²) in [6, 6.07) is 0. The predicted molar refractivity (Wildman–Crippen MR) is 85.4 cm³/mol. The maximum atomic E-state index is 12.0. The Labute approximate surface area is 125 Å². The smallest absolute Gasteiger partial charge is 0.220 e. The van der Waals surface area contributed by atoms with Crippen molar-refractivity contribution in [2.45, 2.75) is 72.1 Å². The number of carbonyl (C=O) groups is 1. The Morgan fingerprint density at radius 2 is 1.85 bits per heavy atom. The molecule has 1 aliphatic carbocycles. The first-order valence-corrected chi connectivity index (χ1v) is 8.44. The lowest BCUT2D eigenvalue weighted by molar-refractivity contribution is -0.122. The van der Waals surface area contributed by atoms with Gasteiger partial charge in [0.1, 0.15) is 0 Å². The predicted octanol–water partition coefficient (Wildman–Crippen LogP) is 3.47. The molecule has 1 amide bonds. The van der Waals surface area contributed by atoms with Crippen LogP contribution < -0.4 is 11.1 Å². The minimum absolute atomic E-state index is 0.226. The van der Waals surface area contributed by atoms with Gasteiger partial charge in [0.15, 0.2) is 0 Å². The molecule has 0 aromatic heterocycles. The molecule has 3 nitrogen and oxygen atoms in total. The number of rotatable bonds is 9. The Morgan fingerprint density at radius 3 is 2.40 bits per heavy atom. The van der Waals surface area contributed by atoms with Gasteiger partial charge in [0.25, 0.3) is 0 Å². The molecule has 0 heterocycles. The van der Waals surface area contributed by atoms with Crippen molar-refractivity contribution >= 4 is 5.91 Å². The van der Waals surface area contributed by atoms with E-state index in [2.05, 4.69) is 26.1 Å². The van der Waals surface area contributed by atoms with E-state index in [4.69, 9.17) is 5.73 Å². The van der Waals surface area contributed by atoms with Crippen LogP contribution in [0.2, 0.25) is 0 Å². The largest absolute Gasteiger partial charge is 0.356 e. The van der Waals surface area contributed by atoms with E-state index in [0.717, 1.165) is 31.8 Å². The molecule has 0 radical (unpaired) electrons. The molecule has 0 spiro atoms. The summed E-state index contributed by atoms with van der Waals surface area (Å²) >= 11 is 0. The van der Waals surface area contributed by atoms with Crippen LogP contribution in [0.1, 0.15) is 72.1 Å². The maximum absolute atomic E-state index is 12.0. The first-order valence-electron chi connectivity index (χ1n) is 8.44. The first-order chi connectivity index (χ1) is 9.47. The molecule has 1 rings (SSSR count). The standard InChI is InChI=1S/C17H34N2O/c1-14(2)12-17(9-4-5-10-17)13-19-16(20)7-6-15(3)8-11-18/h14-15H,4-13,18H2,1-3H3,(H,19,20). The fourth-order valence-corrected chi connectivity index (χ4v) is 3.62. The van der Waals surface area contributed by atoms with Crippen molar-refractivity contribution in [3.63, 3.8) is 0 Å². The zero-order valence-electron chi connectivity index (χ0n) is 13.7. The first kappa shape index (κ1) is 17.5. The van der Waals surface area contributed by atoms with Gasteiger partial charge in [-0.15, -0.1) is 0 Å². The van der Waals surface area contributed by atoms with E-state index >= 15 is 0 Å². The van der Waals surface area contributed by atoms with E-state index in [1.807, 2.05) is 0 Å². The highest BCUT2D eigenvalue weighted by molar-refractivity contribution is 5.75. The Kier molecular flexibility index (Phi) is 7.57. The van der Waals surface area contributed by atoms with E-state index in [-0.39, 0.29) is 5.91 Å². The third kappa shape index (κ3) is 6.25. The van der Waals surface area contributed by atoms with Gasteiger partial charge >= 0.3 is 0 Å². The van der Waals surface area contributed by atoms with Crippen LogP contribution in [0.15, 0.2) is 0 Å². The fourth-order valence-electron chi connectivity index (χ4n) is 3.62. The van der Waals surface area contributed by atoms with Gasteiger partial charge in [-0.25, -0.2) is 0 Å². The molecule has 3 heteroatoms. The molecule has 0 saturated heterocycles. The Balaban J connectivity index is 2.30. The van der Waals surface area contributed by atoms with Crippen LogP contribution in [0.3, 0.4) is 0 Å². The number of hydrogen-bond acceptors (Lipinski definition) is 2. The summed E-state index contributed by atoms with van der Waals surface area (Å²) in [5.41, 5.74) is 5.92. The second-order valence-electron chi connectivity index (χ2n) is 7.30. The van der Waals surface area contributed by atoms with Crippen LogP contribution in [0.5, 0.6) is 0 Å². The third-order valence-electron chi connectivity index (χ3n) is 4.69. The normalized spacial score (nSPS) is 19.2. The van der Waals surface area contributed by atoms with E-state index in [9.17, 15) is 4.79 Å². The quantitative estimate of drug-likeness (QED) is 0.680. The molecule has 118 valence electrons. The van der Waals surface area contributed by atoms with Crippen LogP contribution >= 0.6 is 0 Å². The van der Waals surface area contributed by atoms with E-state index in [0.29, 0.717) is 17.8 Å². The third-order valence-corrected chi connectivity index (χ3v) is 4.69. The van der Waals surface area contributed by atoms with Gasteiger partial charge < -0.3 is 11.1 Å². The second kappa shape index (κ2) is 8.66. The van der Waals surface area contributed by atoms with Crippen LogP contribution in [0.4, 0.5) is 0 Å². The van der Waals surface area contributed by atoms with Gasteiger partial charge in [-0.2, -0.15) is 0 Å². The summed E-state index contributed by atoms with van der Waals surface area (Å²) in [6.45, 7) is 8.36. The lowest BCUT2D eigenvalue weighted by Gasteiger charge is -2.31. The van der Waals surface area contributed by atoms with Crippen molar-refractivity contribution in [2.24, 2.45) is 23.0 Å². The van der Waals surface area contributed by atoms with Crippen molar-refractivity contribution < 1.29 is 4.79 Å². The van der Waals surface area contributed by atoms with Crippen molar-refractivity contribution in [2.75, 3.05) is 13.1 Å². The molecule has 0 aliphatic heterocycles. The SMILES string of the molecule is CC(C)CC1(CNC(=O)CCC(C)CCN)CCCC1. The Hall–Kier alpha value is -0.570. The summed E-state index contributed by atoms with van der Waals surface area (Å²) in [4.78, 5) is 12.0. The molecule has 1 aliphatic rings. The molecule has 1 atom stereocenters. The monoisotopic (exact) mass is 282 g/mol. The van der Waals surface area contributed by atoms with Gasteiger partial charge in [0.05, 0.1) is 0 Å². The zero-order valence-corrected chi connectivity index (χ0v) is 13.7. The summed E-state index contributed by atoms with van der Waals surface area (Å²) in [5.74, 6) is 1.50. The van der Waals surface area contributed by atoms with E-state index in [1.165, 1.54) is 32.1 Å². The van der Waals surface area contributed by atoms with Crippen molar-refractivity contribution in [3.05, 3.63) is 0 Å². The number of nitrogens with one attached hydrogen (secondary N) is 1. The van der Waals surface area contributed by atoms with Gasteiger partial charge in [-0.1, -0.05) is 33.6 Å². The minimum Gasteiger partial charge on any atom is -0.356 e. The highest BCUT2D eigenvalue weighted by Gasteiger charge is 2.34. The molecule has 0 bridgehead atoms. The lowest BCUT2D eigenvalue weighted by Crippen LogP contribution is -2.36. The maximum Gasteiger partial charge on any atom is 0.220 e. The topological polar surface area (TPSA) is 55.1 Å². The van der Waals surface area contributed by atoms with Crippen LogP contribution in [0, 0.1) is 17.3 Å². The molecule has 1 saturated carbocycles. The highest BCUT2D eigenvalue weighted by atomic mass is 16.1. The number of carbonyl (C=O) groups excluding carboxylic acids is 1. The fraction of sp³-hybridized carbons (Fsp3) is 0.941. The summed E-state index contributed by atoms with van der Waals surface area (Å²) in [5, 5.41) is 3.20. The highest BCUT2D eigenvalue weighted by Crippen LogP contribution is 2.42. The zero-order chi connectivity index (χ0) is 15.0. The van der Waals surface area contributed by atoms with Crippen molar-refractivity contribution in [1.29, 1.82) is 0 Å². The average Bonchev–Trinajstić information content (AvgIpc) is 2.82. The molecule has 0 aromatic carbocycles. The minimum atomic E-state index is 0.226.